The molecule has 1 rings (SSSR count). The molecule has 1 aliphatic rings. The lowest BCUT2D eigenvalue weighted by Gasteiger charge is -2.24. The van der Waals surface area contributed by atoms with Crippen molar-refractivity contribution in [3.63, 3.8) is 0 Å². The molecule has 1 heterocycles. The molecule has 0 aliphatic carbocycles. The highest BCUT2D eigenvalue weighted by molar-refractivity contribution is 4.76. The molecular weight excluding hydrogens is 186 g/mol. The van der Waals surface area contributed by atoms with Crippen LogP contribution in [0.4, 0.5) is 0 Å². The van der Waals surface area contributed by atoms with E-state index < -0.39 is 0 Å². The van der Waals surface area contributed by atoms with Gasteiger partial charge in [0.25, 0.3) is 0 Å². The molecule has 15 heavy (non-hydrogen) atoms. The van der Waals surface area contributed by atoms with Crippen molar-refractivity contribution in [2.75, 3.05) is 13.1 Å². The third-order valence-electron chi connectivity index (χ3n) is 3.48. The second kappa shape index (κ2) is 6.49. The Balaban J connectivity index is 2.30. The fourth-order valence-corrected chi connectivity index (χ4v) is 2.32. The zero-order chi connectivity index (χ0) is 11.3. The highest BCUT2D eigenvalue weighted by Gasteiger charge is 2.25. The molecule has 1 aliphatic heterocycles. The number of rotatable bonds is 6. The Hall–Kier alpha value is -0.0800. The summed E-state index contributed by atoms with van der Waals surface area (Å²) in [4.78, 5) is 0. The van der Waals surface area contributed by atoms with Crippen LogP contribution in [0.15, 0.2) is 0 Å². The summed E-state index contributed by atoms with van der Waals surface area (Å²) in [6.45, 7) is 11.2. The van der Waals surface area contributed by atoms with Crippen molar-refractivity contribution < 1.29 is 4.74 Å². The van der Waals surface area contributed by atoms with E-state index in [9.17, 15) is 0 Å². The second-order valence-corrected chi connectivity index (χ2v) is 5.19. The molecule has 0 spiro atoms. The monoisotopic (exact) mass is 213 g/mol. The van der Waals surface area contributed by atoms with E-state index in [1.54, 1.807) is 0 Å². The number of nitrogens with one attached hydrogen (secondary N) is 1. The van der Waals surface area contributed by atoms with E-state index >= 15 is 0 Å². The van der Waals surface area contributed by atoms with Crippen LogP contribution in [-0.2, 0) is 4.74 Å². The average molecular weight is 213 g/mol. The maximum absolute atomic E-state index is 5.89. The van der Waals surface area contributed by atoms with E-state index in [4.69, 9.17) is 4.74 Å². The van der Waals surface area contributed by atoms with Crippen LogP contribution in [0.5, 0.6) is 0 Å². The van der Waals surface area contributed by atoms with Crippen molar-refractivity contribution in [1.29, 1.82) is 0 Å². The SMILES string of the molecule is CCNCC(CC1CCC(C)O1)C(C)C. The Morgan fingerprint density at radius 1 is 1.33 bits per heavy atom. The molecule has 1 fully saturated rings. The highest BCUT2D eigenvalue weighted by Crippen LogP contribution is 2.27. The summed E-state index contributed by atoms with van der Waals surface area (Å²) in [5.74, 6) is 1.52. The van der Waals surface area contributed by atoms with Gasteiger partial charge in [-0.3, -0.25) is 0 Å². The Morgan fingerprint density at radius 3 is 2.53 bits per heavy atom. The van der Waals surface area contributed by atoms with Crippen molar-refractivity contribution in [3.05, 3.63) is 0 Å². The minimum Gasteiger partial charge on any atom is -0.375 e. The van der Waals surface area contributed by atoms with Crippen LogP contribution in [-0.4, -0.2) is 25.3 Å². The summed E-state index contributed by atoms with van der Waals surface area (Å²) in [5, 5.41) is 3.46. The van der Waals surface area contributed by atoms with Gasteiger partial charge in [0.2, 0.25) is 0 Å². The summed E-state index contributed by atoms with van der Waals surface area (Å²) in [5.41, 5.74) is 0. The van der Waals surface area contributed by atoms with Crippen LogP contribution in [0.25, 0.3) is 0 Å². The fourth-order valence-electron chi connectivity index (χ4n) is 2.32. The van der Waals surface area contributed by atoms with E-state index in [0.717, 1.165) is 24.9 Å². The lowest BCUT2D eigenvalue weighted by molar-refractivity contribution is 0.0361. The lowest BCUT2D eigenvalue weighted by atomic mass is 9.89. The van der Waals surface area contributed by atoms with E-state index in [1.807, 2.05) is 0 Å². The number of hydrogen-bond donors (Lipinski definition) is 1. The quantitative estimate of drug-likeness (QED) is 0.732. The van der Waals surface area contributed by atoms with E-state index in [2.05, 4.69) is 33.0 Å². The van der Waals surface area contributed by atoms with Gasteiger partial charge in [0.1, 0.15) is 0 Å². The van der Waals surface area contributed by atoms with Crippen LogP contribution in [0.1, 0.15) is 47.0 Å². The molecule has 2 heteroatoms. The van der Waals surface area contributed by atoms with Gasteiger partial charge >= 0.3 is 0 Å². The van der Waals surface area contributed by atoms with Crippen LogP contribution in [0.3, 0.4) is 0 Å². The Bertz CT molecular complexity index is 170. The summed E-state index contributed by atoms with van der Waals surface area (Å²) in [7, 11) is 0. The van der Waals surface area contributed by atoms with Gasteiger partial charge in [-0.15, -0.1) is 0 Å². The minimum absolute atomic E-state index is 0.488. The molecule has 0 radical (unpaired) electrons. The number of ether oxygens (including phenoxy) is 1. The Morgan fingerprint density at radius 2 is 2.07 bits per heavy atom. The van der Waals surface area contributed by atoms with Crippen LogP contribution in [0.2, 0.25) is 0 Å². The van der Waals surface area contributed by atoms with Gasteiger partial charge in [0, 0.05) is 0 Å². The van der Waals surface area contributed by atoms with Gasteiger partial charge in [-0.2, -0.15) is 0 Å². The first-order valence-corrected chi connectivity index (χ1v) is 6.49. The van der Waals surface area contributed by atoms with Crippen molar-refractivity contribution in [2.45, 2.75) is 59.2 Å². The molecule has 90 valence electrons. The Labute approximate surface area is 94.8 Å². The summed E-state index contributed by atoms with van der Waals surface area (Å²) in [6, 6.07) is 0. The first kappa shape index (κ1) is 13.0. The van der Waals surface area contributed by atoms with Gasteiger partial charge in [-0.05, 0) is 51.1 Å². The zero-order valence-electron chi connectivity index (χ0n) is 10.8. The molecule has 0 amide bonds. The molecule has 3 atom stereocenters. The van der Waals surface area contributed by atoms with Crippen molar-refractivity contribution in [2.24, 2.45) is 11.8 Å². The molecule has 0 aromatic rings. The van der Waals surface area contributed by atoms with Crippen LogP contribution in [0, 0.1) is 11.8 Å². The van der Waals surface area contributed by atoms with Gasteiger partial charge in [0.05, 0.1) is 12.2 Å². The molecule has 0 aromatic heterocycles. The van der Waals surface area contributed by atoms with E-state index in [-0.39, 0.29) is 0 Å². The smallest absolute Gasteiger partial charge is 0.0583 e. The van der Waals surface area contributed by atoms with Crippen molar-refractivity contribution in [3.8, 4) is 0 Å². The Kier molecular flexibility index (Phi) is 5.62. The molecule has 0 aromatic carbocycles. The molecular formula is C13H27NO. The summed E-state index contributed by atoms with van der Waals surface area (Å²) >= 11 is 0. The first-order valence-electron chi connectivity index (χ1n) is 6.49. The molecule has 1 N–H and O–H groups in total. The first-order chi connectivity index (χ1) is 7.13. The predicted molar refractivity (Wildman–Crippen MR) is 65.1 cm³/mol. The van der Waals surface area contributed by atoms with Gasteiger partial charge in [0.15, 0.2) is 0 Å². The van der Waals surface area contributed by atoms with Gasteiger partial charge in [-0.25, -0.2) is 0 Å². The maximum atomic E-state index is 5.89. The molecule has 2 nitrogen and oxygen atoms in total. The third kappa shape index (κ3) is 4.52. The van der Waals surface area contributed by atoms with E-state index in [1.165, 1.54) is 19.3 Å². The second-order valence-electron chi connectivity index (χ2n) is 5.19. The topological polar surface area (TPSA) is 21.3 Å². The molecule has 0 bridgehead atoms. The standard InChI is InChI=1S/C13H27NO/c1-5-14-9-12(10(2)3)8-13-7-6-11(4)15-13/h10-14H,5-9H2,1-4H3. The third-order valence-corrected chi connectivity index (χ3v) is 3.48. The van der Waals surface area contributed by atoms with Crippen molar-refractivity contribution >= 4 is 0 Å². The van der Waals surface area contributed by atoms with Gasteiger partial charge in [-0.1, -0.05) is 20.8 Å². The highest BCUT2D eigenvalue weighted by atomic mass is 16.5. The number of hydrogen-bond acceptors (Lipinski definition) is 2. The largest absolute Gasteiger partial charge is 0.375 e. The average Bonchev–Trinajstić information content (AvgIpc) is 2.58. The molecule has 1 saturated heterocycles. The minimum atomic E-state index is 0.488. The molecule has 0 saturated carbocycles. The fraction of sp³-hybridized carbons (Fsp3) is 1.00. The van der Waals surface area contributed by atoms with Crippen LogP contribution >= 0.6 is 0 Å². The van der Waals surface area contributed by atoms with Gasteiger partial charge < -0.3 is 10.1 Å². The van der Waals surface area contributed by atoms with Crippen LogP contribution < -0.4 is 5.32 Å². The van der Waals surface area contributed by atoms with E-state index in [0.29, 0.717) is 12.2 Å². The lowest BCUT2D eigenvalue weighted by Crippen LogP contribution is -2.29. The maximum Gasteiger partial charge on any atom is 0.0583 e. The normalized spacial score (nSPS) is 28.6. The zero-order valence-corrected chi connectivity index (χ0v) is 10.8. The van der Waals surface area contributed by atoms with Crippen molar-refractivity contribution in [1.82, 2.24) is 5.32 Å². The summed E-state index contributed by atoms with van der Waals surface area (Å²) < 4.78 is 5.89. The predicted octanol–water partition coefficient (Wildman–Crippen LogP) is 2.83. The molecule has 3 unspecified atom stereocenters. The summed E-state index contributed by atoms with van der Waals surface area (Å²) in [6.07, 6.45) is 4.75.